The molecule has 1 aromatic heterocycles. The summed E-state index contributed by atoms with van der Waals surface area (Å²) in [5.41, 5.74) is 5.93. The molecule has 0 aliphatic carbocycles. The molecule has 0 aliphatic rings. The van der Waals surface area contributed by atoms with Crippen molar-refractivity contribution in [1.29, 1.82) is 0 Å². The van der Waals surface area contributed by atoms with Gasteiger partial charge in [-0.25, -0.2) is 4.98 Å². The van der Waals surface area contributed by atoms with E-state index in [2.05, 4.69) is 29.0 Å². The third-order valence-corrected chi connectivity index (χ3v) is 3.57. The van der Waals surface area contributed by atoms with Gasteiger partial charge in [-0.2, -0.15) is 0 Å². The Bertz CT molecular complexity index is 420. The lowest BCUT2D eigenvalue weighted by Crippen LogP contribution is -2.36. The van der Waals surface area contributed by atoms with E-state index in [4.69, 9.17) is 10.8 Å². The first-order valence-electron chi connectivity index (χ1n) is 6.16. The van der Waals surface area contributed by atoms with Crippen molar-refractivity contribution in [3.05, 3.63) is 11.1 Å². The van der Waals surface area contributed by atoms with E-state index in [1.54, 1.807) is 5.38 Å². The van der Waals surface area contributed by atoms with Gasteiger partial charge in [-0.3, -0.25) is 4.79 Å². The number of aromatic nitrogens is 1. The molecule has 0 amide bonds. The lowest BCUT2D eigenvalue weighted by Gasteiger charge is -2.25. The summed E-state index contributed by atoms with van der Waals surface area (Å²) < 4.78 is 0. The van der Waals surface area contributed by atoms with Crippen LogP contribution >= 0.6 is 11.3 Å². The average molecular weight is 286 g/mol. The molecule has 2 unspecified atom stereocenters. The number of anilines is 1. The van der Waals surface area contributed by atoms with Crippen molar-refractivity contribution < 1.29 is 9.90 Å². The fourth-order valence-corrected chi connectivity index (χ4v) is 2.41. The Balaban J connectivity index is 2.73. The zero-order valence-corrected chi connectivity index (χ0v) is 12.6. The van der Waals surface area contributed by atoms with E-state index in [0.717, 1.165) is 6.54 Å². The van der Waals surface area contributed by atoms with Crippen LogP contribution in [-0.4, -0.2) is 47.6 Å². The molecular weight excluding hydrogens is 264 g/mol. The van der Waals surface area contributed by atoms with Crippen molar-refractivity contribution in [3.8, 4) is 0 Å². The van der Waals surface area contributed by atoms with E-state index in [9.17, 15) is 4.79 Å². The summed E-state index contributed by atoms with van der Waals surface area (Å²) >= 11 is 1.38. The molecule has 6 nitrogen and oxygen atoms in total. The predicted octanol–water partition coefficient (Wildman–Crippen LogP) is 1.23. The Morgan fingerprint density at radius 2 is 2.21 bits per heavy atom. The molecule has 2 atom stereocenters. The first kappa shape index (κ1) is 15.9. The van der Waals surface area contributed by atoms with Gasteiger partial charge in [0, 0.05) is 18.0 Å². The van der Waals surface area contributed by atoms with Crippen LogP contribution in [0.2, 0.25) is 0 Å². The van der Waals surface area contributed by atoms with Gasteiger partial charge in [-0.05, 0) is 20.0 Å². The third-order valence-electron chi connectivity index (χ3n) is 2.78. The lowest BCUT2D eigenvalue weighted by molar-refractivity contribution is -0.138. The van der Waals surface area contributed by atoms with Gasteiger partial charge in [-0.1, -0.05) is 13.8 Å². The molecule has 1 aromatic rings. The van der Waals surface area contributed by atoms with E-state index in [1.165, 1.54) is 11.3 Å². The van der Waals surface area contributed by atoms with Gasteiger partial charge in [-0.15, -0.1) is 11.3 Å². The van der Waals surface area contributed by atoms with Crippen molar-refractivity contribution in [2.75, 3.05) is 26.0 Å². The number of likely N-dealkylation sites (N-methyl/N-ethyl adjacent to an activating group) is 1. The number of hydrogen-bond donors (Lipinski definition) is 3. The molecule has 19 heavy (non-hydrogen) atoms. The number of carboxylic acid groups (broad SMARTS) is 1. The van der Waals surface area contributed by atoms with Crippen LogP contribution in [0.15, 0.2) is 5.38 Å². The van der Waals surface area contributed by atoms with Crippen molar-refractivity contribution in [2.24, 2.45) is 11.7 Å². The summed E-state index contributed by atoms with van der Waals surface area (Å²) in [6.45, 7) is 5.16. The Kier molecular flexibility index (Phi) is 5.71. The Hall–Kier alpha value is -1.18. The zero-order valence-electron chi connectivity index (χ0n) is 11.8. The molecule has 4 N–H and O–H groups in total. The second kappa shape index (κ2) is 6.83. The quantitative estimate of drug-likeness (QED) is 0.698. The molecule has 1 rings (SSSR count). The zero-order chi connectivity index (χ0) is 14.6. The lowest BCUT2D eigenvalue weighted by atomic mass is 10.0. The van der Waals surface area contributed by atoms with Crippen LogP contribution in [0.3, 0.4) is 0 Å². The van der Waals surface area contributed by atoms with Crippen LogP contribution in [0, 0.1) is 5.92 Å². The molecule has 0 spiro atoms. The molecule has 0 fully saturated rings. The van der Waals surface area contributed by atoms with Crippen molar-refractivity contribution in [1.82, 2.24) is 9.88 Å². The smallest absolute Gasteiger partial charge is 0.326 e. The topological polar surface area (TPSA) is 91.5 Å². The van der Waals surface area contributed by atoms with Gasteiger partial charge in [0.05, 0.1) is 5.69 Å². The summed E-state index contributed by atoms with van der Waals surface area (Å²) in [6, 6.07) is -0.798. The molecule has 0 aromatic carbocycles. The number of rotatable bonds is 7. The largest absolute Gasteiger partial charge is 0.480 e. The summed E-state index contributed by atoms with van der Waals surface area (Å²) in [5, 5.41) is 14.6. The fraction of sp³-hybridized carbons (Fsp3) is 0.667. The Morgan fingerprint density at radius 3 is 2.68 bits per heavy atom. The number of carboxylic acids is 1. The number of hydrogen-bond acceptors (Lipinski definition) is 6. The second-order valence-corrected chi connectivity index (χ2v) is 6.01. The highest BCUT2D eigenvalue weighted by atomic mass is 32.1. The van der Waals surface area contributed by atoms with Gasteiger partial charge < -0.3 is 21.1 Å². The molecule has 0 saturated carbocycles. The van der Waals surface area contributed by atoms with Crippen LogP contribution < -0.4 is 11.1 Å². The summed E-state index contributed by atoms with van der Waals surface area (Å²) in [5.74, 6) is -0.617. The molecule has 0 aliphatic heterocycles. The first-order chi connectivity index (χ1) is 8.81. The van der Waals surface area contributed by atoms with E-state index >= 15 is 0 Å². The van der Waals surface area contributed by atoms with Crippen molar-refractivity contribution >= 4 is 22.4 Å². The number of nitrogens with one attached hydrogen (secondary N) is 1. The monoisotopic (exact) mass is 286 g/mol. The van der Waals surface area contributed by atoms with Crippen LogP contribution in [0.1, 0.15) is 25.6 Å². The van der Waals surface area contributed by atoms with Crippen molar-refractivity contribution in [2.45, 2.75) is 25.9 Å². The van der Waals surface area contributed by atoms with Gasteiger partial charge in [0.1, 0.15) is 6.04 Å². The van der Waals surface area contributed by atoms with Gasteiger partial charge in [0.25, 0.3) is 0 Å². The van der Waals surface area contributed by atoms with Crippen LogP contribution in [0.25, 0.3) is 0 Å². The Morgan fingerprint density at radius 1 is 1.58 bits per heavy atom. The summed E-state index contributed by atoms with van der Waals surface area (Å²) in [6.07, 6.45) is 0. The fourth-order valence-electron chi connectivity index (χ4n) is 1.60. The number of nitrogens with zero attached hydrogens (tertiary/aromatic N) is 2. The molecule has 7 heteroatoms. The maximum Gasteiger partial charge on any atom is 0.326 e. The van der Waals surface area contributed by atoms with E-state index in [-0.39, 0.29) is 6.04 Å². The predicted molar refractivity (Wildman–Crippen MR) is 77.5 cm³/mol. The minimum absolute atomic E-state index is 0.259. The van der Waals surface area contributed by atoms with Crippen LogP contribution in [-0.2, 0) is 4.79 Å². The normalized spacial score (nSPS) is 14.7. The highest BCUT2D eigenvalue weighted by Crippen LogP contribution is 2.21. The maximum atomic E-state index is 10.8. The molecule has 1 heterocycles. The van der Waals surface area contributed by atoms with E-state index in [0.29, 0.717) is 16.7 Å². The molecular formula is C12H22N4O2S. The molecule has 0 radical (unpaired) electrons. The standard InChI is InChI=1S/C12H22N4O2S/c1-7(2)8(5-16(3)4)14-12-15-9(6-19-12)10(13)11(17)18/h6-8,10H,5,13H2,1-4H3,(H,14,15)(H,17,18). The number of carbonyl (C=O) groups is 1. The SMILES string of the molecule is CC(C)C(CN(C)C)Nc1nc(C(N)C(=O)O)cs1. The molecule has 0 bridgehead atoms. The van der Waals surface area contributed by atoms with E-state index in [1.807, 2.05) is 14.1 Å². The summed E-state index contributed by atoms with van der Waals surface area (Å²) in [7, 11) is 4.04. The van der Waals surface area contributed by atoms with E-state index < -0.39 is 12.0 Å². The Labute approximate surface area is 117 Å². The van der Waals surface area contributed by atoms with Crippen LogP contribution in [0.5, 0.6) is 0 Å². The van der Waals surface area contributed by atoms with Gasteiger partial charge in [0.2, 0.25) is 0 Å². The highest BCUT2D eigenvalue weighted by Gasteiger charge is 2.20. The number of aliphatic carboxylic acids is 1. The van der Waals surface area contributed by atoms with Crippen molar-refractivity contribution in [3.63, 3.8) is 0 Å². The molecule has 0 saturated heterocycles. The van der Waals surface area contributed by atoms with Crippen LogP contribution in [0.4, 0.5) is 5.13 Å². The summed E-state index contributed by atoms with van der Waals surface area (Å²) in [4.78, 5) is 17.1. The first-order valence-corrected chi connectivity index (χ1v) is 7.04. The average Bonchev–Trinajstić information content (AvgIpc) is 2.74. The number of thiazole rings is 1. The van der Waals surface area contributed by atoms with Gasteiger partial charge in [0.15, 0.2) is 5.13 Å². The molecule has 108 valence electrons. The van der Waals surface area contributed by atoms with Gasteiger partial charge >= 0.3 is 5.97 Å². The number of nitrogens with two attached hydrogens (primary N) is 1. The highest BCUT2D eigenvalue weighted by molar-refractivity contribution is 7.13. The maximum absolute atomic E-state index is 10.8. The minimum atomic E-state index is -1.06. The minimum Gasteiger partial charge on any atom is -0.480 e. The second-order valence-electron chi connectivity index (χ2n) is 5.15. The third kappa shape index (κ3) is 4.77.